The summed E-state index contributed by atoms with van der Waals surface area (Å²) in [5, 5.41) is 1.09. The van der Waals surface area contributed by atoms with Gasteiger partial charge in [0.2, 0.25) is 0 Å². The Morgan fingerprint density at radius 2 is 2.00 bits per heavy atom. The van der Waals surface area contributed by atoms with E-state index in [-0.39, 0.29) is 6.04 Å². The van der Waals surface area contributed by atoms with Gasteiger partial charge in [-0.25, -0.2) is 5.43 Å². The normalized spacial score (nSPS) is 12.8. The van der Waals surface area contributed by atoms with Crippen LogP contribution in [-0.4, -0.2) is 0 Å². The third-order valence-electron chi connectivity index (χ3n) is 3.41. The van der Waals surface area contributed by atoms with Crippen LogP contribution in [-0.2, 0) is 0 Å². The average Bonchev–Trinajstić information content (AvgIpc) is 2.86. The molecule has 0 saturated heterocycles. The smallest absolute Gasteiger partial charge is 0.134 e. The number of hydrazine groups is 1. The summed E-state index contributed by atoms with van der Waals surface area (Å²) in [7, 11) is 0. The molecule has 1 unspecified atom stereocenters. The van der Waals surface area contributed by atoms with Gasteiger partial charge in [0.05, 0.1) is 0 Å². The van der Waals surface area contributed by atoms with Crippen molar-refractivity contribution < 1.29 is 4.42 Å². The topological polar surface area (TPSA) is 51.2 Å². The number of aryl methyl sites for hydroxylation is 1. The number of halogens is 2. The summed E-state index contributed by atoms with van der Waals surface area (Å²) in [5.41, 5.74) is 6.03. The van der Waals surface area contributed by atoms with E-state index in [0.717, 1.165) is 30.3 Å². The SMILES string of the molecule is Cc1ccc2oc(C(NN)c3cc(Br)ccc3I)cc2c1. The molecule has 0 radical (unpaired) electrons. The predicted molar refractivity (Wildman–Crippen MR) is 97.0 cm³/mol. The highest BCUT2D eigenvalue weighted by atomic mass is 127. The lowest BCUT2D eigenvalue weighted by Crippen LogP contribution is -2.29. The van der Waals surface area contributed by atoms with Gasteiger partial charge in [0, 0.05) is 13.4 Å². The third kappa shape index (κ3) is 3.01. The Labute approximate surface area is 145 Å². The first-order chi connectivity index (χ1) is 10.1. The Morgan fingerprint density at radius 1 is 1.19 bits per heavy atom. The van der Waals surface area contributed by atoms with Crippen LogP contribution in [0.3, 0.4) is 0 Å². The van der Waals surface area contributed by atoms with E-state index < -0.39 is 0 Å². The number of furan rings is 1. The van der Waals surface area contributed by atoms with Gasteiger partial charge in [-0.15, -0.1) is 0 Å². The average molecular weight is 457 g/mol. The molecule has 0 aliphatic heterocycles. The molecule has 1 atom stereocenters. The second-order valence-electron chi connectivity index (χ2n) is 4.96. The molecule has 5 heteroatoms. The molecule has 3 aromatic rings. The summed E-state index contributed by atoms with van der Waals surface area (Å²) >= 11 is 5.82. The Bertz CT molecular complexity index is 800. The van der Waals surface area contributed by atoms with Crippen molar-refractivity contribution in [1.82, 2.24) is 5.43 Å². The van der Waals surface area contributed by atoms with Crippen LogP contribution >= 0.6 is 38.5 Å². The van der Waals surface area contributed by atoms with E-state index in [4.69, 9.17) is 10.3 Å². The van der Waals surface area contributed by atoms with Crippen LogP contribution in [0.2, 0.25) is 0 Å². The van der Waals surface area contributed by atoms with Gasteiger partial charge in [-0.3, -0.25) is 5.84 Å². The quantitative estimate of drug-likeness (QED) is 0.342. The van der Waals surface area contributed by atoms with Gasteiger partial charge in [-0.1, -0.05) is 27.6 Å². The summed E-state index contributed by atoms with van der Waals surface area (Å²) in [6.45, 7) is 2.07. The number of hydrogen-bond donors (Lipinski definition) is 2. The molecule has 108 valence electrons. The molecular formula is C16H14BrIN2O. The minimum Gasteiger partial charge on any atom is -0.459 e. The second-order valence-corrected chi connectivity index (χ2v) is 7.03. The number of benzene rings is 2. The number of rotatable bonds is 3. The highest BCUT2D eigenvalue weighted by Crippen LogP contribution is 2.32. The first-order valence-electron chi connectivity index (χ1n) is 6.49. The zero-order valence-corrected chi connectivity index (χ0v) is 15.1. The highest BCUT2D eigenvalue weighted by molar-refractivity contribution is 14.1. The van der Waals surface area contributed by atoms with Crippen LogP contribution < -0.4 is 11.3 Å². The van der Waals surface area contributed by atoms with Crippen molar-refractivity contribution in [2.45, 2.75) is 13.0 Å². The zero-order chi connectivity index (χ0) is 15.0. The van der Waals surface area contributed by atoms with Crippen molar-refractivity contribution in [2.75, 3.05) is 0 Å². The maximum atomic E-state index is 5.96. The van der Waals surface area contributed by atoms with E-state index in [2.05, 4.69) is 69.1 Å². The Kier molecular flexibility index (Phi) is 4.35. The van der Waals surface area contributed by atoms with Crippen molar-refractivity contribution in [3.05, 3.63) is 67.4 Å². The molecule has 3 rings (SSSR count). The van der Waals surface area contributed by atoms with Gasteiger partial charge < -0.3 is 4.42 Å². The highest BCUT2D eigenvalue weighted by Gasteiger charge is 2.20. The minimum atomic E-state index is -0.179. The van der Waals surface area contributed by atoms with E-state index in [1.807, 2.05) is 24.3 Å². The van der Waals surface area contributed by atoms with Crippen LogP contribution in [0.15, 0.2) is 51.4 Å². The van der Waals surface area contributed by atoms with Crippen molar-refractivity contribution >= 4 is 49.5 Å². The zero-order valence-electron chi connectivity index (χ0n) is 11.4. The van der Waals surface area contributed by atoms with Crippen molar-refractivity contribution in [3.63, 3.8) is 0 Å². The molecule has 0 aliphatic rings. The van der Waals surface area contributed by atoms with E-state index in [1.54, 1.807) is 0 Å². The number of nitrogens with two attached hydrogens (primary N) is 1. The summed E-state index contributed by atoms with van der Waals surface area (Å²) in [6, 6.07) is 14.1. The number of nitrogens with one attached hydrogen (secondary N) is 1. The van der Waals surface area contributed by atoms with Crippen molar-refractivity contribution in [3.8, 4) is 0 Å². The molecule has 3 nitrogen and oxygen atoms in total. The number of hydrogen-bond acceptors (Lipinski definition) is 3. The molecule has 0 amide bonds. The summed E-state index contributed by atoms with van der Waals surface area (Å²) in [5.74, 6) is 6.59. The van der Waals surface area contributed by atoms with E-state index in [9.17, 15) is 0 Å². The molecular weight excluding hydrogens is 443 g/mol. The minimum absolute atomic E-state index is 0.179. The fourth-order valence-corrected chi connectivity index (χ4v) is 3.41. The van der Waals surface area contributed by atoms with Crippen molar-refractivity contribution in [2.24, 2.45) is 5.84 Å². The van der Waals surface area contributed by atoms with Crippen LogP contribution in [0.25, 0.3) is 11.0 Å². The van der Waals surface area contributed by atoms with E-state index in [0.29, 0.717) is 0 Å². The Balaban J connectivity index is 2.11. The maximum absolute atomic E-state index is 5.96. The summed E-state index contributed by atoms with van der Waals surface area (Å²) in [6.07, 6.45) is 0. The molecule has 0 bridgehead atoms. The standard InChI is InChI=1S/C16H14BrIN2O/c1-9-2-5-14-10(6-9)7-15(21-14)16(20-19)12-8-11(17)3-4-13(12)18/h2-8,16,20H,19H2,1H3. The predicted octanol–water partition coefficient (Wildman–Crippen LogP) is 4.66. The molecule has 0 saturated carbocycles. The van der Waals surface area contributed by atoms with E-state index in [1.165, 1.54) is 5.56 Å². The number of fused-ring (bicyclic) bond motifs is 1. The monoisotopic (exact) mass is 456 g/mol. The first kappa shape index (κ1) is 15.0. The fraction of sp³-hybridized carbons (Fsp3) is 0.125. The Morgan fingerprint density at radius 3 is 2.76 bits per heavy atom. The molecule has 3 N–H and O–H groups in total. The largest absolute Gasteiger partial charge is 0.459 e. The van der Waals surface area contributed by atoms with Crippen LogP contribution in [0, 0.1) is 10.5 Å². The maximum Gasteiger partial charge on any atom is 0.134 e. The molecule has 2 aromatic carbocycles. The summed E-state index contributed by atoms with van der Waals surface area (Å²) < 4.78 is 8.12. The van der Waals surface area contributed by atoms with Crippen LogP contribution in [0.1, 0.15) is 22.9 Å². The third-order valence-corrected chi connectivity index (χ3v) is 4.89. The van der Waals surface area contributed by atoms with Crippen LogP contribution in [0.5, 0.6) is 0 Å². The molecule has 0 aliphatic carbocycles. The fourth-order valence-electron chi connectivity index (χ4n) is 2.39. The molecule has 1 heterocycles. The molecule has 1 aromatic heterocycles. The van der Waals surface area contributed by atoms with Gasteiger partial charge >= 0.3 is 0 Å². The van der Waals surface area contributed by atoms with Gasteiger partial charge in [0.15, 0.2) is 0 Å². The van der Waals surface area contributed by atoms with Crippen LogP contribution in [0.4, 0.5) is 0 Å². The lowest BCUT2D eigenvalue weighted by atomic mass is 10.0. The second kappa shape index (κ2) is 6.08. The summed E-state index contributed by atoms with van der Waals surface area (Å²) in [4.78, 5) is 0. The molecule has 21 heavy (non-hydrogen) atoms. The Hall–Kier alpha value is -0.890. The van der Waals surface area contributed by atoms with Gasteiger partial charge in [-0.05, 0) is 71.5 Å². The molecule has 0 fully saturated rings. The van der Waals surface area contributed by atoms with Gasteiger partial charge in [0.25, 0.3) is 0 Å². The first-order valence-corrected chi connectivity index (χ1v) is 8.37. The van der Waals surface area contributed by atoms with Gasteiger partial charge in [0.1, 0.15) is 17.4 Å². The van der Waals surface area contributed by atoms with Gasteiger partial charge in [-0.2, -0.15) is 0 Å². The van der Waals surface area contributed by atoms with E-state index >= 15 is 0 Å². The lowest BCUT2D eigenvalue weighted by molar-refractivity contribution is 0.476. The molecule has 0 spiro atoms. The van der Waals surface area contributed by atoms with Crippen molar-refractivity contribution in [1.29, 1.82) is 0 Å². The lowest BCUT2D eigenvalue weighted by Gasteiger charge is -2.15.